The Hall–Kier alpha value is -1.12. The number of amidine groups is 1. The third-order valence-corrected chi connectivity index (χ3v) is 3.39. The van der Waals surface area contributed by atoms with Gasteiger partial charge in [-0.25, -0.2) is 4.39 Å². The SMILES string of the molecule is CN(/C=C\C(=N)NC=O)[C@@H]1O[C@](F)(CO)CC1CCS. The molecule has 3 atom stereocenters. The number of amides is 1. The van der Waals surface area contributed by atoms with E-state index in [2.05, 4.69) is 17.9 Å². The molecule has 0 radical (unpaired) electrons. The van der Waals surface area contributed by atoms with Gasteiger partial charge in [0.05, 0.1) is 0 Å². The Kier molecular flexibility index (Phi) is 6.44. The van der Waals surface area contributed by atoms with Gasteiger partial charge in [-0.1, -0.05) is 0 Å². The molecule has 1 saturated heterocycles. The molecule has 0 aromatic rings. The maximum atomic E-state index is 14.1. The van der Waals surface area contributed by atoms with E-state index in [4.69, 9.17) is 15.3 Å². The van der Waals surface area contributed by atoms with Crippen LogP contribution in [-0.2, 0) is 9.53 Å². The molecule has 3 N–H and O–H groups in total. The Balaban J connectivity index is 2.70. The summed E-state index contributed by atoms with van der Waals surface area (Å²) in [5.41, 5.74) is 0. The normalized spacial score (nSPS) is 29.6. The van der Waals surface area contributed by atoms with Crippen molar-refractivity contribution >= 4 is 24.9 Å². The molecule has 1 aliphatic heterocycles. The summed E-state index contributed by atoms with van der Waals surface area (Å²) in [5, 5.41) is 18.6. The van der Waals surface area contributed by atoms with E-state index in [-0.39, 0.29) is 18.2 Å². The number of aliphatic hydroxyl groups is 1. The van der Waals surface area contributed by atoms with Crippen LogP contribution in [0, 0.1) is 11.3 Å². The maximum absolute atomic E-state index is 14.1. The molecule has 1 heterocycles. The molecule has 0 aromatic heterocycles. The minimum Gasteiger partial charge on any atom is -0.390 e. The summed E-state index contributed by atoms with van der Waals surface area (Å²) in [7, 11) is 1.68. The molecular weight excluding hydrogens is 285 g/mol. The second-order valence-corrected chi connectivity index (χ2v) is 5.13. The topological polar surface area (TPSA) is 85.7 Å². The van der Waals surface area contributed by atoms with Crippen LogP contribution in [0.3, 0.4) is 0 Å². The van der Waals surface area contributed by atoms with E-state index < -0.39 is 18.7 Å². The monoisotopic (exact) mass is 305 g/mol. The van der Waals surface area contributed by atoms with E-state index in [1.54, 1.807) is 11.9 Å². The lowest BCUT2D eigenvalue weighted by atomic mass is 9.99. The summed E-state index contributed by atoms with van der Waals surface area (Å²) >= 11 is 4.14. The minimum absolute atomic E-state index is 0.0794. The van der Waals surface area contributed by atoms with E-state index in [1.807, 2.05) is 0 Å². The van der Waals surface area contributed by atoms with Gasteiger partial charge in [-0.3, -0.25) is 10.2 Å². The van der Waals surface area contributed by atoms with Crippen molar-refractivity contribution in [1.29, 1.82) is 5.41 Å². The van der Waals surface area contributed by atoms with Crippen LogP contribution in [-0.4, -0.2) is 53.7 Å². The van der Waals surface area contributed by atoms with Crippen LogP contribution in [0.25, 0.3) is 0 Å². The first-order valence-electron chi connectivity index (χ1n) is 6.23. The number of carbonyl (C=O) groups excluding carboxylic acids is 1. The third kappa shape index (κ3) is 4.46. The molecule has 1 rings (SSSR count). The van der Waals surface area contributed by atoms with Crippen molar-refractivity contribution in [2.75, 3.05) is 19.4 Å². The standard InChI is InChI=1S/C12H20FN3O3S/c1-16(4-2-10(14)15-8-18)11-9(3-5-20)6-12(13,7-17)19-11/h2,4,8-9,11,17,20H,3,5-7H2,1H3,(H2,14,15,18)/b4-2-/t9?,11-,12+/m1/s1. The Morgan fingerprint density at radius 2 is 2.45 bits per heavy atom. The van der Waals surface area contributed by atoms with Gasteiger partial charge >= 0.3 is 0 Å². The smallest absolute Gasteiger partial charge is 0.234 e. The highest BCUT2D eigenvalue weighted by molar-refractivity contribution is 7.80. The molecule has 0 aromatic carbocycles. The van der Waals surface area contributed by atoms with Crippen molar-refractivity contribution in [3.63, 3.8) is 0 Å². The number of alkyl halides is 1. The van der Waals surface area contributed by atoms with Crippen LogP contribution in [0.2, 0.25) is 0 Å². The second kappa shape index (κ2) is 7.61. The summed E-state index contributed by atoms with van der Waals surface area (Å²) in [6.07, 6.45) is 3.52. The van der Waals surface area contributed by atoms with Gasteiger partial charge in [-0.15, -0.1) is 0 Å². The van der Waals surface area contributed by atoms with Gasteiger partial charge < -0.3 is 20.1 Å². The Bertz CT molecular complexity index is 383. The van der Waals surface area contributed by atoms with Gasteiger partial charge in [0.25, 0.3) is 0 Å². The number of hydrogen-bond donors (Lipinski definition) is 4. The minimum atomic E-state index is -2.03. The fourth-order valence-corrected chi connectivity index (χ4v) is 2.50. The highest BCUT2D eigenvalue weighted by Gasteiger charge is 2.47. The Morgan fingerprint density at radius 1 is 1.75 bits per heavy atom. The van der Waals surface area contributed by atoms with Crippen molar-refractivity contribution in [1.82, 2.24) is 10.2 Å². The van der Waals surface area contributed by atoms with Gasteiger partial charge in [0.15, 0.2) is 0 Å². The molecular formula is C12H20FN3O3S. The maximum Gasteiger partial charge on any atom is 0.234 e. The number of halogens is 1. The highest BCUT2D eigenvalue weighted by Crippen LogP contribution is 2.39. The molecule has 0 aliphatic carbocycles. The summed E-state index contributed by atoms with van der Waals surface area (Å²) in [6.45, 7) is -0.688. The molecule has 0 bridgehead atoms. The van der Waals surface area contributed by atoms with Crippen molar-refractivity contribution in [2.24, 2.45) is 5.92 Å². The summed E-state index contributed by atoms with van der Waals surface area (Å²) in [5.74, 6) is -1.63. The van der Waals surface area contributed by atoms with Crippen LogP contribution in [0.15, 0.2) is 12.3 Å². The molecule has 1 fully saturated rings. The molecule has 1 amide bonds. The van der Waals surface area contributed by atoms with Crippen LogP contribution < -0.4 is 5.32 Å². The Morgan fingerprint density at radius 3 is 3.00 bits per heavy atom. The number of carbonyl (C=O) groups is 1. The van der Waals surface area contributed by atoms with E-state index in [0.29, 0.717) is 18.6 Å². The van der Waals surface area contributed by atoms with Gasteiger partial charge in [0.2, 0.25) is 12.3 Å². The predicted molar refractivity (Wildman–Crippen MR) is 76.2 cm³/mol. The van der Waals surface area contributed by atoms with Crippen LogP contribution in [0.4, 0.5) is 4.39 Å². The van der Waals surface area contributed by atoms with Crippen molar-refractivity contribution in [3.8, 4) is 0 Å². The first-order chi connectivity index (χ1) is 9.45. The molecule has 20 heavy (non-hydrogen) atoms. The van der Waals surface area contributed by atoms with Crippen molar-refractivity contribution < 1.29 is 19.0 Å². The number of thiol groups is 1. The summed E-state index contributed by atoms with van der Waals surface area (Å²) < 4.78 is 19.4. The van der Waals surface area contributed by atoms with Crippen LogP contribution >= 0.6 is 12.6 Å². The zero-order valence-electron chi connectivity index (χ0n) is 11.3. The third-order valence-electron chi connectivity index (χ3n) is 3.13. The lowest BCUT2D eigenvalue weighted by Crippen LogP contribution is -2.35. The molecule has 0 spiro atoms. The van der Waals surface area contributed by atoms with Gasteiger partial charge in [0, 0.05) is 25.6 Å². The van der Waals surface area contributed by atoms with E-state index in [9.17, 15) is 9.18 Å². The molecule has 1 aliphatic rings. The zero-order valence-corrected chi connectivity index (χ0v) is 12.1. The fourth-order valence-electron chi connectivity index (χ4n) is 2.17. The highest BCUT2D eigenvalue weighted by atomic mass is 32.1. The van der Waals surface area contributed by atoms with E-state index in [0.717, 1.165) is 0 Å². The number of nitrogens with zero attached hydrogens (tertiary/aromatic N) is 1. The van der Waals surface area contributed by atoms with Crippen LogP contribution in [0.5, 0.6) is 0 Å². The van der Waals surface area contributed by atoms with Gasteiger partial charge in [-0.05, 0) is 18.2 Å². The summed E-state index contributed by atoms with van der Waals surface area (Å²) in [6, 6.07) is 0. The molecule has 0 saturated carbocycles. The number of aliphatic hydroxyl groups excluding tert-OH is 1. The number of rotatable bonds is 7. The van der Waals surface area contributed by atoms with E-state index >= 15 is 0 Å². The van der Waals surface area contributed by atoms with Crippen LogP contribution in [0.1, 0.15) is 12.8 Å². The molecule has 6 nitrogen and oxygen atoms in total. The number of ether oxygens (including phenoxy) is 1. The zero-order chi connectivity index (χ0) is 15.2. The van der Waals surface area contributed by atoms with Crippen molar-refractivity contribution in [3.05, 3.63) is 12.3 Å². The first kappa shape index (κ1) is 16.9. The lowest BCUT2D eigenvalue weighted by Gasteiger charge is -2.27. The predicted octanol–water partition coefficient (Wildman–Crippen LogP) is 0.496. The van der Waals surface area contributed by atoms with Gasteiger partial charge in [-0.2, -0.15) is 12.6 Å². The molecule has 8 heteroatoms. The lowest BCUT2D eigenvalue weighted by molar-refractivity contribution is -0.184. The number of nitrogens with one attached hydrogen (secondary N) is 2. The quantitative estimate of drug-likeness (QED) is 0.239. The Labute approximate surface area is 122 Å². The summed E-state index contributed by atoms with van der Waals surface area (Å²) in [4.78, 5) is 11.8. The number of hydrogen-bond acceptors (Lipinski definition) is 6. The van der Waals surface area contributed by atoms with Crippen molar-refractivity contribution in [2.45, 2.75) is 24.9 Å². The average molecular weight is 305 g/mol. The van der Waals surface area contributed by atoms with Gasteiger partial charge in [0.1, 0.15) is 18.7 Å². The largest absolute Gasteiger partial charge is 0.390 e. The molecule has 114 valence electrons. The molecule has 1 unspecified atom stereocenters. The fraction of sp³-hybridized carbons (Fsp3) is 0.667. The first-order valence-corrected chi connectivity index (χ1v) is 6.86. The average Bonchev–Trinajstić information content (AvgIpc) is 2.75. The van der Waals surface area contributed by atoms with E-state index in [1.165, 1.54) is 12.3 Å². The second-order valence-electron chi connectivity index (χ2n) is 4.68.